The number of hydrogen-bond donors (Lipinski definition) is 0. The third-order valence-corrected chi connectivity index (χ3v) is 3.94. The Kier molecular flexibility index (Phi) is 3.86. The van der Waals surface area contributed by atoms with Gasteiger partial charge < -0.3 is 0 Å². The first-order chi connectivity index (χ1) is 6.73. The van der Waals surface area contributed by atoms with Crippen LogP contribution in [-0.2, 0) is 6.54 Å². The molecule has 0 aliphatic rings. The van der Waals surface area contributed by atoms with Gasteiger partial charge in [0.05, 0.1) is 16.7 Å². The van der Waals surface area contributed by atoms with Gasteiger partial charge in [-0.2, -0.15) is 18.3 Å². The molecule has 1 heterocycles. The van der Waals surface area contributed by atoms with E-state index in [1.165, 1.54) is 4.68 Å². The number of hydrogen-bond acceptors (Lipinski definition) is 1. The first-order valence-electron chi connectivity index (χ1n) is 4.13. The average molecular weight is 350 g/mol. The molecule has 0 saturated carbocycles. The third kappa shape index (κ3) is 2.96. The van der Waals surface area contributed by atoms with Crippen molar-refractivity contribution in [1.82, 2.24) is 9.78 Å². The predicted octanol–water partition coefficient (Wildman–Crippen LogP) is 3.59. The highest BCUT2D eigenvalue weighted by molar-refractivity contribution is 9.10. The highest BCUT2D eigenvalue weighted by atomic mass is 79.9. The molecule has 0 aliphatic carbocycles. The SMILES string of the molecule is Cc1nn(CC(Br)C(F)(F)F)c(C)c1Br. The van der Waals surface area contributed by atoms with Gasteiger partial charge in [0.1, 0.15) is 4.83 Å². The fraction of sp³-hybridized carbons (Fsp3) is 0.625. The Morgan fingerprint density at radius 3 is 2.27 bits per heavy atom. The number of aryl methyl sites for hydroxylation is 1. The lowest BCUT2D eigenvalue weighted by Crippen LogP contribution is -2.28. The van der Waals surface area contributed by atoms with Crippen molar-refractivity contribution < 1.29 is 13.2 Å². The Morgan fingerprint density at radius 2 is 1.93 bits per heavy atom. The second kappa shape index (κ2) is 4.45. The molecule has 86 valence electrons. The molecule has 0 fully saturated rings. The van der Waals surface area contributed by atoms with Crippen LogP contribution >= 0.6 is 31.9 Å². The molecule has 1 rings (SSSR count). The fourth-order valence-corrected chi connectivity index (χ4v) is 1.67. The zero-order valence-electron chi connectivity index (χ0n) is 8.07. The Morgan fingerprint density at radius 1 is 1.40 bits per heavy atom. The van der Waals surface area contributed by atoms with Crippen molar-refractivity contribution in [1.29, 1.82) is 0 Å². The van der Waals surface area contributed by atoms with Crippen molar-refractivity contribution in [3.05, 3.63) is 15.9 Å². The van der Waals surface area contributed by atoms with Crippen LogP contribution in [0.1, 0.15) is 11.4 Å². The summed E-state index contributed by atoms with van der Waals surface area (Å²) in [6.45, 7) is 3.24. The maximum absolute atomic E-state index is 12.3. The van der Waals surface area contributed by atoms with E-state index in [1.54, 1.807) is 13.8 Å². The molecule has 0 bridgehead atoms. The number of nitrogens with zero attached hydrogens (tertiary/aromatic N) is 2. The van der Waals surface area contributed by atoms with E-state index >= 15 is 0 Å². The molecule has 1 unspecified atom stereocenters. The standard InChI is InChI=1S/C8H9Br2F3N2/c1-4-7(10)5(2)15(14-4)3-6(9)8(11,12)13/h6H,3H2,1-2H3. The topological polar surface area (TPSA) is 17.8 Å². The average Bonchev–Trinajstić information content (AvgIpc) is 2.32. The van der Waals surface area contributed by atoms with Crippen molar-refractivity contribution >= 4 is 31.9 Å². The van der Waals surface area contributed by atoms with Gasteiger partial charge in [0.15, 0.2) is 0 Å². The van der Waals surface area contributed by atoms with Crippen molar-refractivity contribution in [2.45, 2.75) is 31.4 Å². The highest BCUT2D eigenvalue weighted by Gasteiger charge is 2.38. The largest absolute Gasteiger partial charge is 0.403 e. The summed E-state index contributed by atoms with van der Waals surface area (Å²) in [5.74, 6) is 0. The molecule has 0 amide bonds. The number of aromatic nitrogens is 2. The Bertz CT molecular complexity index is 360. The molecule has 0 N–H and O–H groups in total. The second-order valence-electron chi connectivity index (χ2n) is 3.18. The lowest BCUT2D eigenvalue weighted by atomic mass is 10.4. The summed E-state index contributed by atoms with van der Waals surface area (Å²) >= 11 is 5.86. The molecule has 7 heteroatoms. The fourth-order valence-electron chi connectivity index (χ4n) is 1.11. The van der Waals surface area contributed by atoms with E-state index in [-0.39, 0.29) is 6.54 Å². The molecule has 0 aliphatic heterocycles. The maximum atomic E-state index is 12.3. The highest BCUT2D eigenvalue weighted by Crippen LogP contribution is 2.29. The van der Waals surface area contributed by atoms with E-state index in [0.29, 0.717) is 11.4 Å². The van der Waals surface area contributed by atoms with Gasteiger partial charge in [0.25, 0.3) is 0 Å². The Balaban J connectivity index is 2.86. The lowest BCUT2D eigenvalue weighted by molar-refractivity contribution is -0.129. The molecule has 1 aromatic heterocycles. The molecule has 0 spiro atoms. The summed E-state index contributed by atoms with van der Waals surface area (Å²) in [6, 6.07) is 0. The van der Waals surface area contributed by atoms with E-state index in [0.717, 1.165) is 4.47 Å². The van der Waals surface area contributed by atoms with E-state index in [9.17, 15) is 13.2 Å². The summed E-state index contributed by atoms with van der Waals surface area (Å²) < 4.78 is 38.9. The Hall–Kier alpha value is -0.0400. The van der Waals surface area contributed by atoms with Crippen LogP contribution in [0.3, 0.4) is 0 Å². The zero-order chi connectivity index (χ0) is 11.8. The van der Waals surface area contributed by atoms with Crippen LogP contribution in [0.15, 0.2) is 4.47 Å². The maximum Gasteiger partial charge on any atom is 0.403 e. The summed E-state index contributed by atoms with van der Waals surface area (Å²) in [5, 5.41) is 4.00. The van der Waals surface area contributed by atoms with Gasteiger partial charge in [-0.3, -0.25) is 4.68 Å². The minimum absolute atomic E-state index is 0.220. The lowest BCUT2D eigenvalue weighted by Gasteiger charge is -2.14. The predicted molar refractivity (Wildman–Crippen MR) is 58.2 cm³/mol. The molecule has 1 aromatic rings. The molecular formula is C8H9Br2F3N2. The quantitative estimate of drug-likeness (QED) is 0.746. The van der Waals surface area contributed by atoms with Crippen molar-refractivity contribution in [3.63, 3.8) is 0 Å². The van der Waals surface area contributed by atoms with Crippen LogP contribution in [-0.4, -0.2) is 20.8 Å². The zero-order valence-corrected chi connectivity index (χ0v) is 11.2. The van der Waals surface area contributed by atoms with Gasteiger partial charge in [0, 0.05) is 5.69 Å². The van der Waals surface area contributed by atoms with E-state index in [2.05, 4.69) is 37.0 Å². The van der Waals surface area contributed by atoms with Crippen molar-refractivity contribution in [3.8, 4) is 0 Å². The molecule has 15 heavy (non-hydrogen) atoms. The molecule has 0 radical (unpaired) electrons. The molecule has 0 saturated heterocycles. The summed E-state index contributed by atoms with van der Waals surface area (Å²) in [6.07, 6.45) is -4.25. The summed E-state index contributed by atoms with van der Waals surface area (Å²) in [7, 11) is 0. The van der Waals surface area contributed by atoms with Crippen LogP contribution in [0.4, 0.5) is 13.2 Å². The van der Waals surface area contributed by atoms with Gasteiger partial charge in [-0.05, 0) is 29.8 Å². The van der Waals surface area contributed by atoms with E-state index in [1.807, 2.05) is 0 Å². The van der Waals surface area contributed by atoms with Crippen LogP contribution in [0.25, 0.3) is 0 Å². The van der Waals surface area contributed by atoms with Gasteiger partial charge in [-0.1, -0.05) is 15.9 Å². The van der Waals surface area contributed by atoms with Crippen LogP contribution in [0.5, 0.6) is 0 Å². The van der Waals surface area contributed by atoms with Crippen molar-refractivity contribution in [2.75, 3.05) is 0 Å². The first-order valence-corrected chi connectivity index (χ1v) is 5.84. The normalized spacial score (nSPS) is 14.3. The monoisotopic (exact) mass is 348 g/mol. The first kappa shape index (κ1) is 13.0. The summed E-state index contributed by atoms with van der Waals surface area (Å²) in [5.41, 5.74) is 1.38. The van der Waals surface area contributed by atoms with E-state index < -0.39 is 11.0 Å². The number of halogens is 5. The minimum Gasteiger partial charge on any atom is -0.267 e. The number of rotatable bonds is 2. The molecule has 1 atom stereocenters. The van der Waals surface area contributed by atoms with Crippen LogP contribution < -0.4 is 0 Å². The van der Waals surface area contributed by atoms with Gasteiger partial charge in [-0.15, -0.1) is 0 Å². The Labute approximate surface area is 102 Å². The molecule has 0 aromatic carbocycles. The van der Waals surface area contributed by atoms with Crippen LogP contribution in [0.2, 0.25) is 0 Å². The van der Waals surface area contributed by atoms with Gasteiger partial charge >= 0.3 is 6.18 Å². The van der Waals surface area contributed by atoms with Gasteiger partial charge in [-0.25, -0.2) is 0 Å². The minimum atomic E-state index is -4.25. The van der Waals surface area contributed by atoms with Gasteiger partial charge in [0.2, 0.25) is 0 Å². The van der Waals surface area contributed by atoms with Crippen LogP contribution in [0, 0.1) is 13.8 Å². The smallest absolute Gasteiger partial charge is 0.267 e. The van der Waals surface area contributed by atoms with E-state index in [4.69, 9.17) is 0 Å². The molecule has 2 nitrogen and oxygen atoms in total. The number of alkyl halides is 4. The molecular weight excluding hydrogens is 341 g/mol. The second-order valence-corrected chi connectivity index (χ2v) is 5.07. The third-order valence-electron chi connectivity index (χ3n) is 1.98. The van der Waals surface area contributed by atoms with Crippen molar-refractivity contribution in [2.24, 2.45) is 0 Å². The summed E-state index contributed by atoms with van der Waals surface area (Å²) in [4.78, 5) is -1.57.